The van der Waals surface area contributed by atoms with E-state index in [9.17, 15) is 0 Å². The third kappa shape index (κ3) is 3.15. The van der Waals surface area contributed by atoms with Crippen LogP contribution in [0.3, 0.4) is 0 Å². The van der Waals surface area contributed by atoms with E-state index in [1.54, 1.807) is 7.11 Å². The Morgan fingerprint density at radius 1 is 1.28 bits per heavy atom. The lowest BCUT2D eigenvalue weighted by Crippen LogP contribution is -2.43. The average Bonchev–Trinajstić information content (AvgIpc) is 2.41. The van der Waals surface area contributed by atoms with Gasteiger partial charge in [-0.05, 0) is 19.1 Å². The standard InChI is InChI=1S/C14H22N2O2/c1-12-11-15-13-5-3-4-6-14(13)16(12)7-8-18-10-9-17-2/h3-6,12,15H,7-11H2,1-2H3. The topological polar surface area (TPSA) is 33.7 Å². The highest BCUT2D eigenvalue weighted by molar-refractivity contribution is 5.72. The Hall–Kier alpha value is -1.26. The fraction of sp³-hybridized carbons (Fsp3) is 0.571. The summed E-state index contributed by atoms with van der Waals surface area (Å²) >= 11 is 0. The van der Waals surface area contributed by atoms with Gasteiger partial charge < -0.3 is 19.7 Å². The van der Waals surface area contributed by atoms with Gasteiger partial charge in [-0.3, -0.25) is 0 Å². The SMILES string of the molecule is COCCOCCN1c2ccccc2NCC1C. The van der Waals surface area contributed by atoms with Crippen molar-refractivity contribution in [3.63, 3.8) is 0 Å². The third-order valence-electron chi connectivity index (χ3n) is 3.24. The molecule has 4 heteroatoms. The molecule has 1 aromatic carbocycles. The zero-order valence-corrected chi connectivity index (χ0v) is 11.2. The molecule has 0 spiro atoms. The van der Waals surface area contributed by atoms with Crippen molar-refractivity contribution in [3.8, 4) is 0 Å². The van der Waals surface area contributed by atoms with Crippen LogP contribution in [0, 0.1) is 0 Å². The van der Waals surface area contributed by atoms with E-state index >= 15 is 0 Å². The predicted molar refractivity (Wildman–Crippen MR) is 74.4 cm³/mol. The highest BCUT2D eigenvalue weighted by Gasteiger charge is 2.21. The van der Waals surface area contributed by atoms with Crippen LogP contribution >= 0.6 is 0 Å². The van der Waals surface area contributed by atoms with Crippen LogP contribution in [-0.4, -0.2) is 46.1 Å². The first-order valence-corrected chi connectivity index (χ1v) is 6.49. The van der Waals surface area contributed by atoms with Crippen molar-refractivity contribution in [2.75, 3.05) is 50.2 Å². The van der Waals surface area contributed by atoms with Gasteiger partial charge in [0.25, 0.3) is 0 Å². The normalized spacial score (nSPS) is 18.3. The number of anilines is 2. The van der Waals surface area contributed by atoms with Gasteiger partial charge in [0, 0.05) is 26.2 Å². The minimum absolute atomic E-state index is 0.492. The number of rotatable bonds is 6. The highest BCUT2D eigenvalue weighted by atomic mass is 16.5. The van der Waals surface area contributed by atoms with E-state index in [0.717, 1.165) is 19.7 Å². The Balaban J connectivity index is 1.90. The lowest BCUT2D eigenvalue weighted by molar-refractivity contribution is 0.0736. The Kier molecular flexibility index (Phi) is 4.84. The van der Waals surface area contributed by atoms with Gasteiger partial charge in [-0.1, -0.05) is 12.1 Å². The molecule has 100 valence electrons. The molecule has 1 aliphatic heterocycles. The second-order valence-corrected chi connectivity index (χ2v) is 4.55. The van der Waals surface area contributed by atoms with E-state index < -0.39 is 0 Å². The third-order valence-corrected chi connectivity index (χ3v) is 3.24. The zero-order chi connectivity index (χ0) is 12.8. The highest BCUT2D eigenvalue weighted by Crippen LogP contribution is 2.30. The fourth-order valence-corrected chi connectivity index (χ4v) is 2.23. The molecule has 1 aromatic rings. The molecule has 1 aliphatic rings. The lowest BCUT2D eigenvalue weighted by Gasteiger charge is -2.37. The number of hydrogen-bond donors (Lipinski definition) is 1. The maximum atomic E-state index is 5.55. The molecule has 0 saturated heterocycles. The number of fused-ring (bicyclic) bond motifs is 1. The van der Waals surface area contributed by atoms with Gasteiger partial charge >= 0.3 is 0 Å². The number of methoxy groups -OCH3 is 1. The van der Waals surface area contributed by atoms with E-state index in [0.29, 0.717) is 19.3 Å². The second kappa shape index (κ2) is 6.61. The second-order valence-electron chi connectivity index (χ2n) is 4.55. The van der Waals surface area contributed by atoms with Gasteiger partial charge in [0.1, 0.15) is 0 Å². The Bertz CT molecular complexity index is 371. The monoisotopic (exact) mass is 250 g/mol. The number of para-hydroxylation sites is 2. The molecule has 2 rings (SSSR count). The largest absolute Gasteiger partial charge is 0.382 e. The van der Waals surface area contributed by atoms with Crippen LogP contribution in [0.15, 0.2) is 24.3 Å². The maximum absolute atomic E-state index is 5.55. The molecule has 0 radical (unpaired) electrons. The van der Waals surface area contributed by atoms with E-state index in [4.69, 9.17) is 9.47 Å². The number of benzene rings is 1. The first-order valence-electron chi connectivity index (χ1n) is 6.49. The molecule has 0 saturated carbocycles. The number of nitrogens with zero attached hydrogens (tertiary/aromatic N) is 1. The van der Waals surface area contributed by atoms with Crippen LogP contribution in [0.5, 0.6) is 0 Å². The van der Waals surface area contributed by atoms with Crippen molar-refractivity contribution in [2.45, 2.75) is 13.0 Å². The van der Waals surface area contributed by atoms with Crippen LogP contribution in [0.25, 0.3) is 0 Å². The summed E-state index contributed by atoms with van der Waals surface area (Å²) in [4.78, 5) is 2.40. The maximum Gasteiger partial charge on any atom is 0.0701 e. The van der Waals surface area contributed by atoms with Crippen molar-refractivity contribution in [1.82, 2.24) is 0 Å². The fourth-order valence-electron chi connectivity index (χ4n) is 2.23. The van der Waals surface area contributed by atoms with Crippen LogP contribution in [0.2, 0.25) is 0 Å². The molecule has 4 nitrogen and oxygen atoms in total. The van der Waals surface area contributed by atoms with Gasteiger partial charge in [0.05, 0.1) is 31.2 Å². The predicted octanol–water partition coefficient (Wildman–Crippen LogP) is 1.97. The van der Waals surface area contributed by atoms with Crippen molar-refractivity contribution in [2.24, 2.45) is 0 Å². The van der Waals surface area contributed by atoms with E-state index in [1.165, 1.54) is 11.4 Å². The number of hydrogen-bond acceptors (Lipinski definition) is 4. The summed E-state index contributed by atoms with van der Waals surface area (Å²) in [6.07, 6.45) is 0. The van der Waals surface area contributed by atoms with Crippen molar-refractivity contribution in [1.29, 1.82) is 0 Å². The Morgan fingerprint density at radius 2 is 2.11 bits per heavy atom. The number of nitrogens with one attached hydrogen (secondary N) is 1. The molecule has 0 fully saturated rings. The quantitative estimate of drug-likeness (QED) is 0.783. The molecule has 1 unspecified atom stereocenters. The summed E-state index contributed by atoms with van der Waals surface area (Å²) in [7, 11) is 1.69. The molecule has 18 heavy (non-hydrogen) atoms. The van der Waals surface area contributed by atoms with Crippen LogP contribution in [0.1, 0.15) is 6.92 Å². The molecule has 1 heterocycles. The van der Waals surface area contributed by atoms with E-state index in [-0.39, 0.29) is 0 Å². The van der Waals surface area contributed by atoms with Crippen LogP contribution in [-0.2, 0) is 9.47 Å². The summed E-state index contributed by atoms with van der Waals surface area (Å²) < 4.78 is 10.5. The number of ether oxygens (including phenoxy) is 2. The van der Waals surface area contributed by atoms with Crippen LogP contribution in [0.4, 0.5) is 11.4 Å². The van der Waals surface area contributed by atoms with Gasteiger partial charge in [0.15, 0.2) is 0 Å². The molecular formula is C14H22N2O2. The van der Waals surface area contributed by atoms with Gasteiger partial charge in [-0.15, -0.1) is 0 Å². The van der Waals surface area contributed by atoms with Crippen molar-refractivity contribution in [3.05, 3.63) is 24.3 Å². The Morgan fingerprint density at radius 3 is 2.94 bits per heavy atom. The molecule has 0 aliphatic carbocycles. The van der Waals surface area contributed by atoms with Crippen LogP contribution < -0.4 is 10.2 Å². The average molecular weight is 250 g/mol. The summed E-state index contributed by atoms with van der Waals surface area (Å²) in [5.74, 6) is 0. The van der Waals surface area contributed by atoms with E-state index in [2.05, 4.69) is 41.4 Å². The molecule has 1 N–H and O–H groups in total. The molecule has 0 aromatic heterocycles. The smallest absolute Gasteiger partial charge is 0.0701 e. The summed E-state index contributed by atoms with van der Waals surface area (Å²) in [6, 6.07) is 8.92. The molecule has 1 atom stereocenters. The summed E-state index contributed by atoms with van der Waals surface area (Å²) in [5.41, 5.74) is 2.49. The first-order chi connectivity index (χ1) is 8.83. The molecule has 0 amide bonds. The van der Waals surface area contributed by atoms with Crippen molar-refractivity contribution < 1.29 is 9.47 Å². The van der Waals surface area contributed by atoms with Gasteiger partial charge in [0.2, 0.25) is 0 Å². The molecule has 0 bridgehead atoms. The first kappa shape index (κ1) is 13.2. The van der Waals surface area contributed by atoms with Gasteiger partial charge in [-0.25, -0.2) is 0 Å². The minimum atomic E-state index is 0.492. The Labute approximate surface area is 109 Å². The van der Waals surface area contributed by atoms with E-state index in [1.807, 2.05) is 0 Å². The minimum Gasteiger partial charge on any atom is -0.382 e. The summed E-state index contributed by atoms with van der Waals surface area (Å²) in [6.45, 7) is 6.20. The van der Waals surface area contributed by atoms with Gasteiger partial charge in [-0.2, -0.15) is 0 Å². The lowest BCUT2D eigenvalue weighted by atomic mass is 10.1. The zero-order valence-electron chi connectivity index (χ0n) is 11.2. The molecular weight excluding hydrogens is 228 g/mol. The summed E-state index contributed by atoms with van der Waals surface area (Å²) in [5, 5.41) is 3.45. The van der Waals surface area contributed by atoms with Crippen molar-refractivity contribution >= 4 is 11.4 Å².